The molecule has 0 aliphatic carbocycles. The number of aromatic nitrogens is 4. The molecule has 3 rings (SSSR count). The van der Waals surface area contributed by atoms with Gasteiger partial charge in [-0.1, -0.05) is 35.9 Å². The Labute approximate surface area is 116 Å². The average molecular weight is 273 g/mol. The molecule has 0 N–H and O–H groups in total. The molecule has 0 aliphatic rings. The molecule has 2 aromatic heterocycles. The lowest BCUT2D eigenvalue weighted by molar-refractivity contribution is 0.699. The molecule has 1 aromatic carbocycles. The number of hydrogen-bond donors (Lipinski definition) is 0. The molecule has 19 heavy (non-hydrogen) atoms. The molecule has 3 aromatic rings. The highest BCUT2D eigenvalue weighted by Crippen LogP contribution is 2.21. The lowest BCUT2D eigenvalue weighted by Gasteiger charge is -2.06. The van der Waals surface area contributed by atoms with Crippen LogP contribution in [0.4, 0.5) is 0 Å². The summed E-state index contributed by atoms with van der Waals surface area (Å²) in [5, 5.41) is 5.61. The van der Waals surface area contributed by atoms with Gasteiger partial charge in [-0.3, -0.25) is 0 Å². The van der Waals surface area contributed by atoms with E-state index in [1.807, 2.05) is 23.7 Å². The first kappa shape index (κ1) is 12.1. The summed E-state index contributed by atoms with van der Waals surface area (Å²) >= 11 is 6.11. The standard InChI is InChI=1S/C14H13ClN4/c1-9-5-3-4-6-11(9)8-19-14-12(7-16-19)13(15)17-10(2)18-14/h3-7H,8H2,1-2H3. The number of nitrogens with zero attached hydrogens (tertiary/aromatic N) is 4. The van der Waals surface area contributed by atoms with Crippen LogP contribution >= 0.6 is 11.6 Å². The summed E-state index contributed by atoms with van der Waals surface area (Å²) in [6.07, 6.45) is 1.72. The molecular formula is C14H13ClN4. The Morgan fingerprint density at radius 2 is 1.95 bits per heavy atom. The van der Waals surface area contributed by atoms with Crippen LogP contribution < -0.4 is 0 Å². The fourth-order valence-corrected chi connectivity index (χ4v) is 2.34. The summed E-state index contributed by atoms with van der Waals surface area (Å²) in [6, 6.07) is 8.25. The van der Waals surface area contributed by atoms with Gasteiger partial charge >= 0.3 is 0 Å². The van der Waals surface area contributed by atoms with E-state index in [0.717, 1.165) is 11.0 Å². The normalized spacial score (nSPS) is 11.1. The van der Waals surface area contributed by atoms with Gasteiger partial charge in [0.1, 0.15) is 11.0 Å². The third-order valence-corrected chi connectivity index (χ3v) is 3.43. The van der Waals surface area contributed by atoms with E-state index in [1.165, 1.54) is 11.1 Å². The quantitative estimate of drug-likeness (QED) is 0.673. The molecule has 4 nitrogen and oxygen atoms in total. The SMILES string of the molecule is Cc1nc(Cl)c2cnn(Cc3ccccc3C)c2n1. The maximum absolute atomic E-state index is 6.11. The lowest BCUT2D eigenvalue weighted by Crippen LogP contribution is -2.04. The molecule has 2 heterocycles. The minimum absolute atomic E-state index is 0.457. The molecular weight excluding hydrogens is 260 g/mol. The van der Waals surface area contributed by atoms with Gasteiger partial charge in [-0.25, -0.2) is 14.6 Å². The Bertz CT molecular complexity index is 748. The first-order valence-corrected chi connectivity index (χ1v) is 6.43. The van der Waals surface area contributed by atoms with Gasteiger partial charge in [-0.05, 0) is 25.0 Å². The van der Waals surface area contributed by atoms with Gasteiger partial charge in [0.15, 0.2) is 5.65 Å². The maximum atomic E-state index is 6.11. The first-order valence-electron chi connectivity index (χ1n) is 6.05. The molecule has 0 atom stereocenters. The van der Waals surface area contributed by atoms with E-state index >= 15 is 0 Å². The molecule has 96 valence electrons. The molecule has 0 fully saturated rings. The van der Waals surface area contributed by atoms with Crippen LogP contribution in [0.3, 0.4) is 0 Å². The molecule has 0 amide bonds. The van der Waals surface area contributed by atoms with Crippen LogP contribution in [0.15, 0.2) is 30.5 Å². The molecule has 0 saturated heterocycles. The number of hydrogen-bond acceptors (Lipinski definition) is 3. The van der Waals surface area contributed by atoms with Gasteiger partial charge in [0.05, 0.1) is 18.1 Å². The molecule has 0 unspecified atom stereocenters. The summed E-state index contributed by atoms with van der Waals surface area (Å²) in [4.78, 5) is 8.57. The van der Waals surface area contributed by atoms with Crippen LogP contribution in [0.2, 0.25) is 5.15 Å². The van der Waals surface area contributed by atoms with Crippen LogP contribution in [0.25, 0.3) is 11.0 Å². The van der Waals surface area contributed by atoms with E-state index in [4.69, 9.17) is 11.6 Å². The largest absolute Gasteiger partial charge is 0.243 e. The summed E-state index contributed by atoms with van der Waals surface area (Å²) in [5.41, 5.74) is 3.24. The van der Waals surface area contributed by atoms with Crippen molar-refractivity contribution in [3.8, 4) is 0 Å². The zero-order valence-corrected chi connectivity index (χ0v) is 11.5. The minimum Gasteiger partial charge on any atom is -0.243 e. The third kappa shape index (κ3) is 2.19. The number of aryl methyl sites for hydroxylation is 2. The zero-order valence-electron chi connectivity index (χ0n) is 10.8. The van der Waals surface area contributed by atoms with Gasteiger partial charge < -0.3 is 0 Å². The molecule has 0 aliphatic heterocycles. The topological polar surface area (TPSA) is 43.6 Å². The fraction of sp³-hybridized carbons (Fsp3) is 0.214. The number of benzene rings is 1. The minimum atomic E-state index is 0.457. The van der Waals surface area contributed by atoms with Gasteiger partial charge in [0.2, 0.25) is 0 Å². The van der Waals surface area contributed by atoms with E-state index in [0.29, 0.717) is 17.5 Å². The highest BCUT2D eigenvalue weighted by molar-refractivity contribution is 6.33. The van der Waals surface area contributed by atoms with Crippen molar-refractivity contribution in [3.05, 3.63) is 52.6 Å². The summed E-state index contributed by atoms with van der Waals surface area (Å²) in [7, 11) is 0. The second-order valence-corrected chi connectivity index (χ2v) is 4.89. The van der Waals surface area contributed by atoms with Crippen molar-refractivity contribution in [2.24, 2.45) is 0 Å². The van der Waals surface area contributed by atoms with Crippen molar-refractivity contribution in [1.29, 1.82) is 0 Å². The van der Waals surface area contributed by atoms with Gasteiger partial charge in [0.25, 0.3) is 0 Å². The predicted octanol–water partition coefficient (Wildman–Crippen LogP) is 3.14. The Morgan fingerprint density at radius 3 is 2.74 bits per heavy atom. The first-order chi connectivity index (χ1) is 9.15. The van der Waals surface area contributed by atoms with E-state index in [-0.39, 0.29) is 0 Å². The van der Waals surface area contributed by atoms with Crippen molar-refractivity contribution in [2.45, 2.75) is 20.4 Å². The summed E-state index contributed by atoms with van der Waals surface area (Å²) < 4.78 is 1.86. The highest BCUT2D eigenvalue weighted by atomic mass is 35.5. The Morgan fingerprint density at radius 1 is 1.16 bits per heavy atom. The van der Waals surface area contributed by atoms with E-state index in [9.17, 15) is 0 Å². The maximum Gasteiger partial charge on any atom is 0.163 e. The van der Waals surface area contributed by atoms with Crippen LogP contribution in [-0.2, 0) is 6.54 Å². The third-order valence-electron chi connectivity index (χ3n) is 3.14. The van der Waals surface area contributed by atoms with Crippen molar-refractivity contribution < 1.29 is 0 Å². The van der Waals surface area contributed by atoms with E-state index < -0.39 is 0 Å². The highest BCUT2D eigenvalue weighted by Gasteiger charge is 2.10. The predicted molar refractivity (Wildman–Crippen MR) is 75.4 cm³/mol. The smallest absolute Gasteiger partial charge is 0.163 e. The molecule has 0 saturated carbocycles. The second-order valence-electron chi connectivity index (χ2n) is 4.53. The van der Waals surface area contributed by atoms with Crippen LogP contribution in [0.1, 0.15) is 17.0 Å². The molecule has 0 bridgehead atoms. The zero-order chi connectivity index (χ0) is 13.4. The fourth-order valence-electron chi connectivity index (χ4n) is 2.09. The number of halogens is 1. The number of rotatable bonds is 2. The van der Waals surface area contributed by atoms with E-state index in [2.05, 4.69) is 34.1 Å². The van der Waals surface area contributed by atoms with Gasteiger partial charge in [0, 0.05) is 0 Å². The average Bonchev–Trinajstić information content (AvgIpc) is 2.76. The number of fused-ring (bicyclic) bond motifs is 1. The van der Waals surface area contributed by atoms with Crippen LogP contribution in [0.5, 0.6) is 0 Å². The monoisotopic (exact) mass is 272 g/mol. The van der Waals surface area contributed by atoms with Crippen molar-refractivity contribution in [3.63, 3.8) is 0 Å². The van der Waals surface area contributed by atoms with Gasteiger partial charge in [-0.2, -0.15) is 5.10 Å². The Balaban J connectivity index is 2.09. The van der Waals surface area contributed by atoms with Crippen molar-refractivity contribution in [1.82, 2.24) is 19.7 Å². The van der Waals surface area contributed by atoms with Crippen LogP contribution in [-0.4, -0.2) is 19.7 Å². The summed E-state index contributed by atoms with van der Waals surface area (Å²) in [6.45, 7) is 4.60. The van der Waals surface area contributed by atoms with Crippen molar-refractivity contribution >= 4 is 22.6 Å². The molecule has 0 spiro atoms. The Kier molecular flexibility index (Phi) is 2.95. The Hall–Kier alpha value is -1.94. The molecule has 5 heteroatoms. The van der Waals surface area contributed by atoms with Crippen molar-refractivity contribution in [2.75, 3.05) is 0 Å². The van der Waals surface area contributed by atoms with Crippen LogP contribution in [0, 0.1) is 13.8 Å². The van der Waals surface area contributed by atoms with E-state index in [1.54, 1.807) is 6.20 Å². The molecule has 0 radical (unpaired) electrons. The van der Waals surface area contributed by atoms with Gasteiger partial charge in [-0.15, -0.1) is 0 Å². The summed E-state index contributed by atoms with van der Waals surface area (Å²) in [5.74, 6) is 0.657. The lowest BCUT2D eigenvalue weighted by atomic mass is 10.1. The second kappa shape index (κ2) is 4.63.